The van der Waals surface area contributed by atoms with E-state index in [4.69, 9.17) is 9.47 Å². The molecule has 10 heteroatoms. The average Bonchev–Trinajstić information content (AvgIpc) is 3.06. The Balaban J connectivity index is 1.61. The van der Waals surface area contributed by atoms with Crippen molar-refractivity contribution in [1.82, 2.24) is 14.8 Å². The molecule has 2 N–H and O–H groups in total. The molecule has 3 amide bonds. The molecule has 2 aliphatic rings. The number of anilines is 1. The van der Waals surface area contributed by atoms with Crippen LogP contribution < -0.4 is 10.1 Å². The van der Waals surface area contributed by atoms with E-state index in [1.54, 1.807) is 66.5 Å². The molecule has 1 saturated carbocycles. The molecule has 0 saturated heterocycles. The molecule has 246 valence electrons. The van der Waals surface area contributed by atoms with Gasteiger partial charge >= 0.3 is 0 Å². The minimum absolute atomic E-state index is 0.0168. The van der Waals surface area contributed by atoms with Crippen molar-refractivity contribution >= 4 is 23.4 Å². The Morgan fingerprint density at radius 1 is 1.07 bits per heavy atom. The fraction of sp³-hybridized carbons (Fsp3) is 0.600. The highest BCUT2D eigenvalue weighted by Gasteiger charge is 2.31. The maximum atomic E-state index is 14.3. The Kier molecular flexibility index (Phi) is 12.8. The van der Waals surface area contributed by atoms with Gasteiger partial charge in [-0.2, -0.15) is 0 Å². The van der Waals surface area contributed by atoms with Gasteiger partial charge in [-0.15, -0.1) is 0 Å². The molecular formula is C35H50N4O6. The topological polar surface area (TPSA) is 121 Å². The molecule has 1 fully saturated rings. The number of aliphatic hydroxyl groups excluding tert-OH is 1. The van der Waals surface area contributed by atoms with Crippen LogP contribution in [-0.2, 0) is 9.53 Å². The summed E-state index contributed by atoms with van der Waals surface area (Å²) in [5.74, 6) is -0.179. The predicted octanol–water partition coefficient (Wildman–Crippen LogP) is 5.17. The quantitative estimate of drug-likeness (QED) is 0.437. The number of hydrogen-bond donors (Lipinski definition) is 2. The lowest BCUT2D eigenvalue weighted by atomic mass is 9.88. The highest BCUT2D eigenvalue weighted by Crippen LogP contribution is 2.30. The number of carbonyl (C=O) groups is 3. The van der Waals surface area contributed by atoms with Crippen LogP contribution in [0.2, 0.25) is 0 Å². The number of benzene rings is 1. The lowest BCUT2D eigenvalue weighted by Crippen LogP contribution is -2.48. The highest BCUT2D eigenvalue weighted by atomic mass is 16.5. The van der Waals surface area contributed by atoms with Crippen LogP contribution in [0.4, 0.5) is 5.69 Å². The van der Waals surface area contributed by atoms with Crippen molar-refractivity contribution in [1.29, 1.82) is 0 Å². The summed E-state index contributed by atoms with van der Waals surface area (Å²) in [4.78, 5) is 47.8. The Hall–Kier alpha value is -3.50. The Bertz CT molecular complexity index is 1270. The summed E-state index contributed by atoms with van der Waals surface area (Å²) in [6.07, 6.45) is 10.2. The lowest BCUT2D eigenvalue weighted by molar-refractivity contribution is -0.120. The number of rotatable bonds is 7. The first-order valence-corrected chi connectivity index (χ1v) is 16.5. The van der Waals surface area contributed by atoms with Crippen LogP contribution in [-0.4, -0.2) is 89.2 Å². The summed E-state index contributed by atoms with van der Waals surface area (Å²) in [5, 5.41) is 13.3. The van der Waals surface area contributed by atoms with Crippen molar-refractivity contribution in [2.45, 2.75) is 90.4 Å². The maximum absolute atomic E-state index is 14.3. The number of amides is 3. The van der Waals surface area contributed by atoms with Crippen molar-refractivity contribution in [2.75, 3.05) is 38.7 Å². The summed E-state index contributed by atoms with van der Waals surface area (Å²) in [5.41, 5.74) is 1.44. The molecule has 45 heavy (non-hydrogen) atoms. The van der Waals surface area contributed by atoms with Gasteiger partial charge in [-0.1, -0.05) is 26.2 Å². The van der Waals surface area contributed by atoms with E-state index in [-0.39, 0.29) is 54.9 Å². The molecule has 0 spiro atoms. The van der Waals surface area contributed by atoms with Gasteiger partial charge in [0.1, 0.15) is 5.75 Å². The number of carbonyl (C=O) groups excluding carboxylic acids is 3. The molecule has 10 nitrogen and oxygen atoms in total. The Morgan fingerprint density at radius 3 is 2.49 bits per heavy atom. The summed E-state index contributed by atoms with van der Waals surface area (Å²) in [6, 6.07) is 8.15. The molecule has 0 radical (unpaired) electrons. The van der Waals surface area contributed by atoms with E-state index in [2.05, 4.69) is 10.3 Å². The van der Waals surface area contributed by atoms with Gasteiger partial charge in [0.25, 0.3) is 11.8 Å². The summed E-state index contributed by atoms with van der Waals surface area (Å²) >= 11 is 0. The van der Waals surface area contributed by atoms with Crippen molar-refractivity contribution in [3.8, 4) is 5.75 Å². The molecule has 4 atom stereocenters. The predicted molar refractivity (Wildman–Crippen MR) is 173 cm³/mol. The number of fused-ring (bicyclic) bond motifs is 1. The van der Waals surface area contributed by atoms with Gasteiger partial charge in [0.05, 0.1) is 30.4 Å². The van der Waals surface area contributed by atoms with Crippen LogP contribution in [0.15, 0.2) is 42.7 Å². The first-order valence-electron chi connectivity index (χ1n) is 16.5. The summed E-state index contributed by atoms with van der Waals surface area (Å²) < 4.78 is 12.7. The van der Waals surface area contributed by atoms with E-state index in [1.165, 1.54) is 0 Å². The maximum Gasteiger partial charge on any atom is 0.258 e. The van der Waals surface area contributed by atoms with E-state index < -0.39 is 6.04 Å². The largest absolute Gasteiger partial charge is 0.490 e. The Labute approximate surface area is 267 Å². The van der Waals surface area contributed by atoms with Crippen LogP contribution in [0.25, 0.3) is 0 Å². The molecule has 0 bridgehead atoms. The molecular weight excluding hydrogens is 572 g/mol. The molecule has 0 unspecified atom stereocenters. The number of ether oxygens (including phenoxy) is 2. The molecule has 1 aromatic carbocycles. The highest BCUT2D eigenvalue weighted by molar-refractivity contribution is 6.00. The summed E-state index contributed by atoms with van der Waals surface area (Å²) in [6.45, 7) is 6.71. The standard InChI is InChI=1S/C35H50N4O6/c1-24-21-39(25(2)23-40)35(43)30-20-29(37-33(41)27-11-6-5-7-12-27)13-14-31(30)45-26(3)10-8-9-19-44-32(24)22-38(4)34(42)28-15-17-36-18-16-28/h13-18,20,24-27,32,40H,5-12,19,21-23H2,1-4H3,(H,37,41)/t24-,25-,26+,32+/m0/s1. The Morgan fingerprint density at radius 2 is 1.78 bits per heavy atom. The third-order valence-electron chi connectivity index (χ3n) is 9.02. The van der Waals surface area contributed by atoms with Crippen LogP contribution >= 0.6 is 0 Å². The minimum Gasteiger partial charge on any atom is -0.490 e. The monoisotopic (exact) mass is 622 g/mol. The molecule has 2 heterocycles. The van der Waals surface area contributed by atoms with E-state index in [0.717, 1.165) is 51.4 Å². The fourth-order valence-corrected chi connectivity index (χ4v) is 6.14. The van der Waals surface area contributed by atoms with E-state index in [9.17, 15) is 19.5 Å². The SMILES string of the molecule is C[C@@H]1CCCCO[C@H](CN(C)C(=O)c2ccncc2)[C@@H](C)CN([C@@H](C)CO)C(=O)c2cc(NC(=O)C3CCCCC3)ccc2O1. The van der Waals surface area contributed by atoms with Gasteiger partial charge in [-0.05, 0) is 76.3 Å². The zero-order valence-corrected chi connectivity index (χ0v) is 27.2. The van der Waals surface area contributed by atoms with Gasteiger partial charge in [0, 0.05) is 62.2 Å². The number of aromatic nitrogens is 1. The number of aliphatic hydroxyl groups is 1. The van der Waals surface area contributed by atoms with E-state index in [1.807, 2.05) is 13.8 Å². The first-order chi connectivity index (χ1) is 21.7. The van der Waals surface area contributed by atoms with Crippen LogP contribution in [0.5, 0.6) is 5.75 Å². The van der Waals surface area contributed by atoms with Crippen LogP contribution in [0.1, 0.15) is 92.9 Å². The van der Waals surface area contributed by atoms with Gasteiger partial charge < -0.3 is 29.7 Å². The van der Waals surface area contributed by atoms with Gasteiger partial charge in [-0.25, -0.2) is 0 Å². The molecule has 1 aliphatic heterocycles. The van der Waals surface area contributed by atoms with E-state index >= 15 is 0 Å². The first kappa shape index (κ1) is 34.4. The third kappa shape index (κ3) is 9.50. The van der Waals surface area contributed by atoms with Crippen molar-refractivity contribution in [3.05, 3.63) is 53.9 Å². The van der Waals surface area contributed by atoms with Crippen molar-refractivity contribution < 1.29 is 29.0 Å². The lowest BCUT2D eigenvalue weighted by Gasteiger charge is -2.36. The second kappa shape index (κ2) is 16.7. The van der Waals surface area contributed by atoms with Gasteiger partial charge in [0.2, 0.25) is 5.91 Å². The van der Waals surface area contributed by atoms with Crippen LogP contribution in [0.3, 0.4) is 0 Å². The normalized spacial score (nSPS) is 22.8. The average molecular weight is 623 g/mol. The smallest absolute Gasteiger partial charge is 0.258 e. The number of nitrogens with zero attached hydrogens (tertiary/aromatic N) is 3. The number of likely N-dealkylation sites (N-methyl/N-ethyl adjacent to an activating group) is 1. The second-order valence-corrected chi connectivity index (χ2v) is 12.8. The molecule has 2 aromatic rings. The van der Waals surface area contributed by atoms with E-state index in [0.29, 0.717) is 35.7 Å². The minimum atomic E-state index is -0.490. The fourth-order valence-electron chi connectivity index (χ4n) is 6.14. The molecule has 1 aromatic heterocycles. The number of hydrogen-bond acceptors (Lipinski definition) is 7. The summed E-state index contributed by atoms with van der Waals surface area (Å²) in [7, 11) is 1.75. The number of nitrogens with one attached hydrogen (secondary N) is 1. The number of pyridine rings is 1. The molecule has 1 aliphatic carbocycles. The zero-order chi connectivity index (χ0) is 32.3. The van der Waals surface area contributed by atoms with Gasteiger partial charge in [-0.3, -0.25) is 19.4 Å². The zero-order valence-electron chi connectivity index (χ0n) is 27.2. The van der Waals surface area contributed by atoms with Crippen LogP contribution in [0, 0.1) is 11.8 Å². The molecule has 4 rings (SSSR count). The third-order valence-corrected chi connectivity index (χ3v) is 9.02. The van der Waals surface area contributed by atoms with Crippen molar-refractivity contribution in [2.24, 2.45) is 11.8 Å². The van der Waals surface area contributed by atoms with Crippen molar-refractivity contribution in [3.63, 3.8) is 0 Å². The second-order valence-electron chi connectivity index (χ2n) is 12.8. The van der Waals surface area contributed by atoms with Gasteiger partial charge in [0.15, 0.2) is 0 Å².